The summed E-state index contributed by atoms with van der Waals surface area (Å²) in [4.78, 5) is 35.7. The van der Waals surface area contributed by atoms with Crippen LogP contribution in [0.1, 0.15) is 126 Å². The van der Waals surface area contributed by atoms with Crippen LogP contribution in [0.2, 0.25) is 0 Å². The zero-order chi connectivity index (χ0) is 80.7. The third-order valence-corrected chi connectivity index (χ3v) is 15.9. The van der Waals surface area contributed by atoms with E-state index in [1.807, 2.05) is 133 Å². The van der Waals surface area contributed by atoms with Gasteiger partial charge in [0.05, 0.1) is 48.3 Å². The molecule has 0 bridgehead atoms. The van der Waals surface area contributed by atoms with Crippen LogP contribution >= 0.6 is 102 Å². The van der Waals surface area contributed by atoms with E-state index < -0.39 is 137 Å². The fraction of sp³-hybridized carbons (Fsp3) is 0.394. The van der Waals surface area contributed by atoms with E-state index in [9.17, 15) is 45.1 Å². The molecule has 6 N–H and O–H groups in total. The van der Waals surface area contributed by atoms with Gasteiger partial charge in [0.25, 0.3) is 0 Å². The van der Waals surface area contributed by atoms with Crippen LogP contribution in [0, 0.1) is 80.7 Å². The molecule has 0 radical (unpaired) electrons. The topological polar surface area (TPSA) is 272 Å². The fourth-order valence-corrected chi connectivity index (χ4v) is 8.85. The van der Waals surface area contributed by atoms with Gasteiger partial charge in [0.15, 0.2) is 0 Å². The Labute approximate surface area is 739 Å². The van der Waals surface area contributed by atoms with Crippen molar-refractivity contribution < 1.29 is 170 Å². The second-order valence-corrected chi connectivity index (χ2v) is 46.4. The molecule has 12 unspecified atom stereocenters. The molecule has 12 rings (SSSR count). The number of hydrogen-bond acceptors (Lipinski definition) is 16. The second kappa shape index (κ2) is 61.1. The summed E-state index contributed by atoms with van der Waals surface area (Å²) in [5.41, 5.74) is 9.50. The average Bonchev–Trinajstić information content (AvgIpc) is 1.69. The van der Waals surface area contributed by atoms with Crippen molar-refractivity contribution >= 4 is 139 Å². The van der Waals surface area contributed by atoms with Gasteiger partial charge in [-0.1, -0.05) is 86.6 Å². The maximum atomic E-state index is 12.5. The second-order valence-electron chi connectivity index (χ2n) is 24.0. The molecule has 12 atom stereocenters. The van der Waals surface area contributed by atoms with Gasteiger partial charge in [0.1, 0.15) is 46.7 Å². The summed E-state index contributed by atoms with van der Waals surface area (Å²) in [6.45, 7) is 18.3. The number of nitriles is 1. The number of benzene rings is 6. The van der Waals surface area contributed by atoms with Gasteiger partial charge < -0.3 is 35.4 Å². The van der Waals surface area contributed by atoms with Crippen molar-refractivity contribution in [3.63, 3.8) is 0 Å². The van der Waals surface area contributed by atoms with Crippen LogP contribution in [0.3, 0.4) is 0 Å². The summed E-state index contributed by atoms with van der Waals surface area (Å²) >= 11 is -4.95. The molecule has 0 amide bonds. The molecule has 0 spiro atoms. The predicted octanol–water partition coefficient (Wildman–Crippen LogP) is 21.4. The van der Waals surface area contributed by atoms with E-state index in [4.69, 9.17) is 112 Å². The SMILES string of the molecule is CCOC1CC1N=Cc1cccc(C)c1O.Cc1cccc(C=NC2CC2C#N)c1O.Cc1cccc(C=NC2CC2C)c1O.Cc1cccc(C=NC2CC2C)c1O.Cc1cccc(C=NC2CC2F)c1O.Cc1cccc(C=NC2CC2[N+](=O)[O-])c1O.[Cl][Zr][Cl].[Cl][Zr][Cl].[Cl][Zr][Cl].[Cl][Zr][Cl].[Cl][Zr][Cl].[Cl][Zr][Cl]. The maximum absolute atomic E-state index is 12.5. The van der Waals surface area contributed by atoms with E-state index in [-0.39, 0.29) is 58.4 Å². The van der Waals surface area contributed by atoms with Crippen LogP contribution in [0.5, 0.6) is 34.5 Å². The Morgan fingerprint density at radius 2 is 0.664 bits per heavy atom. The molecular weight excluding hydrogens is 2100 g/mol. The first-order chi connectivity index (χ1) is 51.1. The Hall–Kier alpha value is -0.301. The van der Waals surface area contributed by atoms with Gasteiger partial charge in [-0.2, -0.15) is 5.26 Å². The Kier molecular flexibility index (Phi) is 59.8. The van der Waals surface area contributed by atoms with Gasteiger partial charge in [0.2, 0.25) is 6.04 Å². The van der Waals surface area contributed by atoms with Gasteiger partial charge in [-0.3, -0.25) is 40.1 Å². The van der Waals surface area contributed by atoms with Crippen molar-refractivity contribution in [3.8, 4) is 40.6 Å². The zero-order valence-corrected chi connectivity index (χ0v) is 83.5. The molecule has 6 fully saturated rings. The van der Waals surface area contributed by atoms with Crippen molar-refractivity contribution in [3.05, 3.63) is 186 Å². The zero-order valence-electron chi connectivity index (χ0n) is 59.6. The first kappa shape index (κ1) is 105. The van der Waals surface area contributed by atoms with Crippen LogP contribution in [0.15, 0.2) is 139 Å². The Bertz CT molecular complexity index is 3640. The number of nitrogens with zero attached hydrogens (tertiary/aromatic N) is 8. The first-order valence-corrected chi connectivity index (χ1v) is 70.5. The van der Waals surface area contributed by atoms with E-state index in [1.54, 1.807) is 56.2 Å². The van der Waals surface area contributed by atoms with E-state index in [2.05, 4.69) is 49.9 Å². The summed E-state index contributed by atoms with van der Waals surface area (Å²) in [5.74, 6) is 3.23. The van der Waals surface area contributed by atoms with Crippen LogP contribution in [-0.4, -0.2) is 134 Å². The third kappa shape index (κ3) is 45.1. The predicted molar refractivity (Wildman–Crippen MR) is 422 cm³/mol. The summed E-state index contributed by atoms with van der Waals surface area (Å²) in [6, 6.07) is 36.0. The number of phenols is 6. The van der Waals surface area contributed by atoms with E-state index >= 15 is 0 Å². The molecule has 6 saturated carbocycles. The molecule has 0 heterocycles. The summed E-state index contributed by atoms with van der Waals surface area (Å²) in [7, 11) is 59.2. The van der Waals surface area contributed by atoms with Crippen LogP contribution < -0.4 is 0 Å². The number of aromatic hydroxyl groups is 6. The number of ether oxygens (including phenoxy) is 1. The molecular formula is C71H83Cl12FN8O9Zr6. The van der Waals surface area contributed by atoms with Gasteiger partial charge >= 0.3 is 227 Å². The molecule has 17 nitrogen and oxygen atoms in total. The third-order valence-electron chi connectivity index (χ3n) is 15.9. The quantitative estimate of drug-likeness (QED) is 0.0321. The van der Waals surface area contributed by atoms with Crippen molar-refractivity contribution in [2.24, 2.45) is 47.7 Å². The number of rotatable bonds is 15. The van der Waals surface area contributed by atoms with Crippen molar-refractivity contribution in [2.45, 2.75) is 155 Å². The Morgan fingerprint density at radius 1 is 0.430 bits per heavy atom. The monoisotopic (exact) mass is 2170 g/mol. The van der Waals surface area contributed by atoms with Crippen molar-refractivity contribution in [2.75, 3.05) is 6.61 Å². The molecule has 6 aromatic rings. The average molecular weight is 2180 g/mol. The van der Waals surface area contributed by atoms with Crippen molar-refractivity contribution in [1.29, 1.82) is 5.26 Å². The number of aliphatic imine (C=N–C) groups is 6. The Morgan fingerprint density at radius 3 is 0.869 bits per heavy atom. The molecule has 0 saturated heterocycles. The number of nitro groups is 1. The molecule has 6 aliphatic carbocycles. The molecule has 0 aromatic heterocycles. The summed E-state index contributed by atoms with van der Waals surface area (Å²) in [5, 5.41) is 77.2. The standard InChI is InChI=1S/C13H17NO2.C12H12N2O.2C12H15NO.C11H12FNO.C11H12N2O3.12ClH.6Zr/c1-3-16-12-7-11(12)14-8-10-6-4-5-9(2)13(10)15;1-8-3-2-4-9(12(8)15)7-14-11-5-10(11)6-13;2*1-8-4-3-5-10(12(8)14)7-13-11-6-9(11)2;1-7-3-2-4-8(11(7)14)6-13-10-5-9(10)12;1-7-3-2-4-8(11(7)14)6-12-9-5-10(9)13(15)16;;;;;;;;;;;;;;;;;;/h4-6,8,11-12,15H,3,7H2,1-2H3;2-4,7,10-11,15H,5H2,1H3;2*3-5,7,9,11,14H,6H2,1-2H3;2-4,6,9-10,14H,5H2,1H3;2-4,6,9-10,14H,5H2,1H3;12*1H;;;;;;/q;;;;;;;;;;;;;;;;;;6*+2/p-12. The summed E-state index contributed by atoms with van der Waals surface area (Å²) < 4.78 is 17.9. The van der Waals surface area contributed by atoms with Gasteiger partial charge in [0, 0.05) is 101 Å². The van der Waals surface area contributed by atoms with E-state index in [1.165, 1.54) is 19.1 Å². The van der Waals surface area contributed by atoms with Crippen LogP contribution in [0.4, 0.5) is 4.39 Å². The molecule has 6 aliphatic rings. The molecule has 0 aliphatic heterocycles. The van der Waals surface area contributed by atoms with Gasteiger partial charge in [-0.25, -0.2) is 4.39 Å². The number of alkyl halides is 1. The fourth-order valence-electron chi connectivity index (χ4n) is 8.85. The minimum absolute atomic E-state index is 0.0770. The molecule has 36 heteroatoms. The first-order valence-electron chi connectivity index (χ1n) is 32.5. The number of para-hydroxylation sites is 6. The van der Waals surface area contributed by atoms with Crippen LogP contribution in [0.25, 0.3) is 0 Å². The molecule has 107 heavy (non-hydrogen) atoms. The normalized spacial score (nSPS) is 21.3. The molecule has 576 valence electrons. The Balaban J connectivity index is 0.000000614. The van der Waals surface area contributed by atoms with Gasteiger partial charge in [-0.15, -0.1) is 0 Å². The molecule has 6 aromatic carbocycles. The number of phenolic OH excluding ortho intramolecular Hbond substituents is 6. The van der Waals surface area contributed by atoms with E-state index in [0.29, 0.717) is 53.3 Å². The summed E-state index contributed by atoms with van der Waals surface area (Å²) in [6.07, 6.45) is 14.8. The van der Waals surface area contributed by atoms with Crippen molar-refractivity contribution in [1.82, 2.24) is 0 Å². The number of hydrogen-bond donors (Lipinski definition) is 6. The number of aryl methyl sites for hydroxylation is 6. The van der Waals surface area contributed by atoms with Gasteiger partial charge in [-0.05, 0) is 149 Å². The minimum atomic E-state index is -0.826. The van der Waals surface area contributed by atoms with Crippen LogP contribution in [-0.2, 0) is 130 Å². The number of halogens is 13. The van der Waals surface area contributed by atoms with E-state index in [0.717, 1.165) is 86.9 Å².